The van der Waals surface area contributed by atoms with Crippen LogP contribution in [0.15, 0.2) is 8.95 Å². The van der Waals surface area contributed by atoms with Gasteiger partial charge in [-0.1, -0.05) is 6.92 Å². The molecule has 1 aromatic heterocycles. The molecule has 1 unspecified atom stereocenters. The fourth-order valence-electron chi connectivity index (χ4n) is 2.01. The van der Waals surface area contributed by atoms with Gasteiger partial charge in [-0.3, -0.25) is 0 Å². The van der Waals surface area contributed by atoms with Crippen LogP contribution in [0.25, 0.3) is 0 Å². The van der Waals surface area contributed by atoms with Gasteiger partial charge in [0.15, 0.2) is 0 Å². The molecule has 1 aliphatic rings. The first-order valence-electron chi connectivity index (χ1n) is 5.27. The van der Waals surface area contributed by atoms with Crippen LogP contribution < -0.4 is 10.1 Å². The number of hydrogen-bond donors (Lipinski definition) is 1. The van der Waals surface area contributed by atoms with E-state index in [0.717, 1.165) is 34.1 Å². The average molecular weight is 350 g/mol. The molecular formula is C11H14Br2N2O. The van der Waals surface area contributed by atoms with Crippen LogP contribution in [0.2, 0.25) is 0 Å². The minimum Gasteiger partial charge on any atom is -0.480 e. The Kier molecular flexibility index (Phi) is 3.87. The van der Waals surface area contributed by atoms with E-state index in [-0.39, 0.29) is 0 Å². The molecule has 1 aliphatic heterocycles. The van der Waals surface area contributed by atoms with Crippen LogP contribution in [0.3, 0.4) is 0 Å². The maximum absolute atomic E-state index is 5.25. The standard InChI is InChI=1S/C11H14Br2N2O/c1-6-3-4-14-5-7-8(6)9(12)10(13)11(15-7)16-2/h6,14H,3-5H2,1-2H3. The Balaban J connectivity index is 2.59. The third-order valence-electron chi connectivity index (χ3n) is 2.90. The van der Waals surface area contributed by atoms with Gasteiger partial charge >= 0.3 is 0 Å². The number of nitrogens with one attached hydrogen (secondary N) is 1. The van der Waals surface area contributed by atoms with Gasteiger partial charge in [0.25, 0.3) is 0 Å². The second-order valence-corrected chi connectivity index (χ2v) is 5.56. The molecule has 88 valence electrons. The molecule has 0 saturated carbocycles. The number of methoxy groups -OCH3 is 1. The molecular weight excluding hydrogens is 336 g/mol. The number of rotatable bonds is 1. The third kappa shape index (κ3) is 2.13. The summed E-state index contributed by atoms with van der Waals surface area (Å²) in [6, 6.07) is 0. The Labute approximate surface area is 112 Å². The van der Waals surface area contributed by atoms with Crippen LogP contribution in [0.5, 0.6) is 5.88 Å². The number of fused-ring (bicyclic) bond motifs is 1. The summed E-state index contributed by atoms with van der Waals surface area (Å²) in [6.07, 6.45) is 1.13. The average Bonchev–Trinajstić information content (AvgIpc) is 2.45. The zero-order valence-electron chi connectivity index (χ0n) is 9.31. The van der Waals surface area contributed by atoms with E-state index < -0.39 is 0 Å². The second-order valence-electron chi connectivity index (χ2n) is 3.98. The van der Waals surface area contributed by atoms with Crippen molar-refractivity contribution in [1.82, 2.24) is 10.3 Å². The Hall–Kier alpha value is -0.130. The molecule has 2 heterocycles. The van der Waals surface area contributed by atoms with Crippen molar-refractivity contribution in [3.63, 3.8) is 0 Å². The van der Waals surface area contributed by atoms with Crippen LogP contribution in [0.1, 0.15) is 30.5 Å². The Morgan fingerprint density at radius 1 is 1.38 bits per heavy atom. The molecule has 3 nitrogen and oxygen atoms in total. The van der Waals surface area contributed by atoms with Crippen molar-refractivity contribution >= 4 is 31.9 Å². The molecule has 0 radical (unpaired) electrons. The molecule has 0 spiro atoms. The zero-order chi connectivity index (χ0) is 11.7. The van der Waals surface area contributed by atoms with E-state index in [9.17, 15) is 0 Å². The first kappa shape index (κ1) is 12.3. The lowest BCUT2D eigenvalue weighted by Gasteiger charge is -2.16. The molecule has 1 N–H and O–H groups in total. The third-order valence-corrected chi connectivity index (χ3v) is 4.99. The minimum absolute atomic E-state index is 0.508. The van der Waals surface area contributed by atoms with Crippen molar-refractivity contribution in [2.75, 3.05) is 13.7 Å². The quantitative estimate of drug-likeness (QED) is 0.845. The summed E-state index contributed by atoms with van der Waals surface area (Å²) in [6.45, 7) is 4.07. The highest BCUT2D eigenvalue weighted by molar-refractivity contribution is 9.13. The molecule has 2 rings (SSSR count). The molecule has 16 heavy (non-hydrogen) atoms. The summed E-state index contributed by atoms with van der Waals surface area (Å²) in [5.41, 5.74) is 2.37. The summed E-state index contributed by atoms with van der Waals surface area (Å²) >= 11 is 7.16. The van der Waals surface area contributed by atoms with Crippen molar-refractivity contribution in [3.05, 3.63) is 20.2 Å². The maximum Gasteiger partial charge on any atom is 0.229 e. The zero-order valence-corrected chi connectivity index (χ0v) is 12.5. The van der Waals surface area contributed by atoms with Gasteiger partial charge in [0, 0.05) is 11.0 Å². The number of ether oxygens (including phenoxy) is 1. The first-order chi connectivity index (χ1) is 7.65. The van der Waals surface area contributed by atoms with Gasteiger partial charge in [0.05, 0.1) is 17.3 Å². The lowest BCUT2D eigenvalue weighted by Crippen LogP contribution is -2.13. The van der Waals surface area contributed by atoms with E-state index in [1.54, 1.807) is 7.11 Å². The van der Waals surface area contributed by atoms with Gasteiger partial charge in [0.1, 0.15) is 0 Å². The number of pyridine rings is 1. The predicted octanol–water partition coefficient (Wildman–Crippen LogP) is 3.21. The topological polar surface area (TPSA) is 34.1 Å². The van der Waals surface area contributed by atoms with E-state index in [2.05, 4.69) is 49.1 Å². The summed E-state index contributed by atoms with van der Waals surface area (Å²) in [5, 5.41) is 3.38. The van der Waals surface area contributed by atoms with E-state index in [0.29, 0.717) is 11.8 Å². The highest BCUT2D eigenvalue weighted by Gasteiger charge is 2.22. The van der Waals surface area contributed by atoms with Gasteiger partial charge in [-0.2, -0.15) is 0 Å². The van der Waals surface area contributed by atoms with E-state index >= 15 is 0 Å². The van der Waals surface area contributed by atoms with Crippen LogP contribution in [0.4, 0.5) is 0 Å². The maximum atomic E-state index is 5.25. The summed E-state index contributed by atoms with van der Waals surface area (Å²) in [5.74, 6) is 1.15. The van der Waals surface area contributed by atoms with Gasteiger partial charge in [-0.05, 0) is 56.3 Å². The van der Waals surface area contributed by atoms with Gasteiger partial charge in [-0.25, -0.2) is 4.98 Å². The largest absolute Gasteiger partial charge is 0.480 e. The highest BCUT2D eigenvalue weighted by Crippen LogP contribution is 2.40. The molecule has 0 bridgehead atoms. The van der Waals surface area contributed by atoms with Crippen molar-refractivity contribution in [2.24, 2.45) is 0 Å². The molecule has 0 aliphatic carbocycles. The molecule has 5 heteroatoms. The lowest BCUT2D eigenvalue weighted by molar-refractivity contribution is 0.392. The monoisotopic (exact) mass is 348 g/mol. The van der Waals surface area contributed by atoms with E-state index in [1.165, 1.54) is 5.56 Å². The van der Waals surface area contributed by atoms with Crippen LogP contribution in [0, 0.1) is 0 Å². The summed E-state index contributed by atoms with van der Waals surface area (Å²) in [7, 11) is 1.64. The smallest absolute Gasteiger partial charge is 0.229 e. The molecule has 1 atom stereocenters. The summed E-state index contributed by atoms with van der Waals surface area (Å²) < 4.78 is 7.23. The summed E-state index contributed by atoms with van der Waals surface area (Å²) in [4.78, 5) is 4.54. The fourth-order valence-corrected chi connectivity index (χ4v) is 3.26. The van der Waals surface area contributed by atoms with Crippen LogP contribution in [-0.2, 0) is 6.54 Å². The van der Waals surface area contributed by atoms with E-state index in [4.69, 9.17) is 4.74 Å². The molecule has 0 fully saturated rings. The predicted molar refractivity (Wildman–Crippen MR) is 70.9 cm³/mol. The van der Waals surface area contributed by atoms with Crippen LogP contribution >= 0.6 is 31.9 Å². The fraction of sp³-hybridized carbons (Fsp3) is 0.545. The van der Waals surface area contributed by atoms with Crippen molar-refractivity contribution in [1.29, 1.82) is 0 Å². The molecule has 0 aromatic carbocycles. The second kappa shape index (κ2) is 5.02. The Morgan fingerprint density at radius 3 is 2.81 bits per heavy atom. The Bertz CT molecular complexity index is 409. The number of aromatic nitrogens is 1. The van der Waals surface area contributed by atoms with Crippen molar-refractivity contribution in [3.8, 4) is 5.88 Å². The Morgan fingerprint density at radius 2 is 2.12 bits per heavy atom. The van der Waals surface area contributed by atoms with Gasteiger partial charge in [0.2, 0.25) is 5.88 Å². The number of halogens is 2. The lowest BCUT2D eigenvalue weighted by atomic mass is 9.97. The minimum atomic E-state index is 0.508. The molecule has 1 aromatic rings. The molecule has 0 saturated heterocycles. The normalized spacial score (nSPS) is 20.1. The van der Waals surface area contributed by atoms with Crippen molar-refractivity contribution in [2.45, 2.75) is 25.8 Å². The van der Waals surface area contributed by atoms with Crippen LogP contribution in [-0.4, -0.2) is 18.6 Å². The highest BCUT2D eigenvalue weighted by atomic mass is 79.9. The number of nitrogens with zero attached hydrogens (tertiary/aromatic N) is 1. The SMILES string of the molecule is COc1nc2c(c(Br)c1Br)C(C)CCNC2. The molecule has 0 amide bonds. The van der Waals surface area contributed by atoms with Gasteiger partial charge in [-0.15, -0.1) is 0 Å². The van der Waals surface area contributed by atoms with Crippen molar-refractivity contribution < 1.29 is 4.74 Å². The van der Waals surface area contributed by atoms with E-state index in [1.807, 2.05) is 0 Å². The van der Waals surface area contributed by atoms with Gasteiger partial charge < -0.3 is 10.1 Å². The number of hydrogen-bond acceptors (Lipinski definition) is 3. The first-order valence-corrected chi connectivity index (χ1v) is 6.86.